The van der Waals surface area contributed by atoms with Crippen molar-refractivity contribution in [1.29, 1.82) is 0 Å². The predicted molar refractivity (Wildman–Crippen MR) is 78.8 cm³/mol. The van der Waals surface area contributed by atoms with Crippen LogP contribution in [0.3, 0.4) is 0 Å². The molecule has 0 bridgehead atoms. The van der Waals surface area contributed by atoms with E-state index in [1.165, 1.54) is 12.1 Å². The highest BCUT2D eigenvalue weighted by Gasteiger charge is 2.17. The van der Waals surface area contributed by atoms with Gasteiger partial charge in [0.1, 0.15) is 0 Å². The number of aryl methyl sites for hydroxylation is 1. The van der Waals surface area contributed by atoms with Gasteiger partial charge >= 0.3 is 0 Å². The molecule has 1 aliphatic rings. The third-order valence-electron chi connectivity index (χ3n) is 3.82. The first-order chi connectivity index (χ1) is 9.19. The van der Waals surface area contributed by atoms with Crippen molar-refractivity contribution in [2.24, 2.45) is 11.8 Å². The summed E-state index contributed by atoms with van der Waals surface area (Å²) in [6.07, 6.45) is 8.71. The molecule has 1 aromatic rings. The number of hydrogen-bond acceptors (Lipinski definition) is 2. The third-order valence-corrected chi connectivity index (χ3v) is 3.82. The van der Waals surface area contributed by atoms with E-state index in [2.05, 4.69) is 54.2 Å². The maximum absolute atomic E-state index is 9.12. The Balaban J connectivity index is 1.80. The molecule has 19 heavy (non-hydrogen) atoms. The number of aliphatic hydroxyl groups excluding tert-OH is 1. The zero-order chi connectivity index (χ0) is 13.7. The summed E-state index contributed by atoms with van der Waals surface area (Å²) in [6.45, 7) is 6.79. The Morgan fingerprint density at radius 2 is 2.26 bits per heavy atom. The molecular formula is C16H26N2O. The fourth-order valence-corrected chi connectivity index (χ4v) is 2.52. The van der Waals surface area contributed by atoms with Crippen LogP contribution >= 0.6 is 0 Å². The van der Waals surface area contributed by atoms with Crippen molar-refractivity contribution in [2.75, 3.05) is 6.61 Å². The van der Waals surface area contributed by atoms with Crippen LogP contribution in [0.5, 0.6) is 0 Å². The van der Waals surface area contributed by atoms with Gasteiger partial charge in [-0.25, -0.2) is 0 Å². The maximum Gasteiger partial charge on any atom is 0.0494 e. The first-order valence-corrected chi connectivity index (χ1v) is 7.35. The van der Waals surface area contributed by atoms with Gasteiger partial charge in [0.15, 0.2) is 0 Å². The summed E-state index contributed by atoms with van der Waals surface area (Å²) in [6, 6.07) is 4.72. The molecule has 0 radical (unpaired) electrons. The van der Waals surface area contributed by atoms with E-state index in [-0.39, 0.29) is 6.61 Å². The molecule has 106 valence electrons. The van der Waals surface area contributed by atoms with Crippen LogP contribution in [0.4, 0.5) is 0 Å². The topological polar surface area (TPSA) is 37.2 Å². The molecule has 0 fully saturated rings. The molecule has 0 aromatic carbocycles. The van der Waals surface area contributed by atoms with E-state index in [0.717, 1.165) is 25.4 Å². The first-order valence-electron chi connectivity index (χ1n) is 7.35. The van der Waals surface area contributed by atoms with Crippen molar-refractivity contribution in [3.05, 3.63) is 36.2 Å². The summed E-state index contributed by atoms with van der Waals surface area (Å²) in [7, 11) is 0. The van der Waals surface area contributed by atoms with Crippen molar-refractivity contribution < 1.29 is 5.11 Å². The fourth-order valence-electron chi connectivity index (χ4n) is 2.52. The molecule has 0 saturated heterocycles. The van der Waals surface area contributed by atoms with E-state index in [1.54, 1.807) is 0 Å². The largest absolute Gasteiger partial charge is 0.396 e. The highest BCUT2D eigenvalue weighted by atomic mass is 16.3. The van der Waals surface area contributed by atoms with Gasteiger partial charge < -0.3 is 15.0 Å². The third kappa shape index (κ3) is 4.22. The van der Waals surface area contributed by atoms with Gasteiger partial charge in [-0.3, -0.25) is 0 Å². The summed E-state index contributed by atoms with van der Waals surface area (Å²) in [4.78, 5) is 0. The Kier molecular flexibility index (Phi) is 5.23. The van der Waals surface area contributed by atoms with Crippen LogP contribution in [-0.2, 0) is 13.1 Å². The normalized spacial score (nSPS) is 22.5. The van der Waals surface area contributed by atoms with Crippen LogP contribution in [-0.4, -0.2) is 22.3 Å². The SMILES string of the molecule is CC(C)CCn1cccc1CN[C@@H]1C=C[C@H](CO)C1. The van der Waals surface area contributed by atoms with Gasteiger partial charge in [-0.2, -0.15) is 0 Å². The van der Waals surface area contributed by atoms with Gasteiger partial charge in [0.2, 0.25) is 0 Å². The minimum Gasteiger partial charge on any atom is -0.396 e. The number of nitrogens with zero attached hydrogens (tertiary/aromatic N) is 1. The molecule has 0 amide bonds. The average Bonchev–Trinajstić information content (AvgIpc) is 3.02. The Hall–Kier alpha value is -1.06. The number of aliphatic hydroxyl groups is 1. The highest BCUT2D eigenvalue weighted by molar-refractivity contribution is 5.10. The lowest BCUT2D eigenvalue weighted by Crippen LogP contribution is -2.27. The quantitative estimate of drug-likeness (QED) is 0.741. The molecule has 2 rings (SSSR count). The van der Waals surface area contributed by atoms with E-state index in [9.17, 15) is 0 Å². The van der Waals surface area contributed by atoms with Crippen molar-refractivity contribution in [2.45, 2.75) is 45.8 Å². The lowest BCUT2D eigenvalue weighted by atomic mass is 10.1. The van der Waals surface area contributed by atoms with Gasteiger partial charge in [-0.05, 0) is 30.9 Å². The molecule has 1 heterocycles. The maximum atomic E-state index is 9.12. The standard InChI is InChI=1S/C16H26N2O/c1-13(2)7-9-18-8-3-4-16(18)11-17-15-6-5-14(10-15)12-19/h3-6,8,13-15,17,19H,7,9-12H2,1-2H3/t14-,15+/m0/s1. The molecule has 3 heteroatoms. The van der Waals surface area contributed by atoms with Crippen LogP contribution in [0.15, 0.2) is 30.5 Å². The Morgan fingerprint density at radius 3 is 2.95 bits per heavy atom. The summed E-state index contributed by atoms with van der Waals surface area (Å²) in [5.74, 6) is 1.08. The lowest BCUT2D eigenvalue weighted by Gasteiger charge is -2.15. The van der Waals surface area contributed by atoms with Gasteiger partial charge in [0, 0.05) is 43.5 Å². The summed E-state index contributed by atoms with van der Waals surface area (Å²) in [5, 5.41) is 12.7. The van der Waals surface area contributed by atoms with Gasteiger partial charge in [0.25, 0.3) is 0 Å². The molecule has 1 aromatic heterocycles. The molecule has 0 unspecified atom stereocenters. The number of hydrogen-bond donors (Lipinski definition) is 2. The summed E-state index contributed by atoms with van der Waals surface area (Å²) < 4.78 is 2.34. The minimum absolute atomic E-state index is 0.263. The van der Waals surface area contributed by atoms with Crippen molar-refractivity contribution in [3.63, 3.8) is 0 Å². The molecule has 3 nitrogen and oxygen atoms in total. The van der Waals surface area contributed by atoms with E-state index >= 15 is 0 Å². The zero-order valence-corrected chi connectivity index (χ0v) is 12.0. The Morgan fingerprint density at radius 1 is 1.42 bits per heavy atom. The second-order valence-electron chi connectivity index (χ2n) is 5.93. The molecule has 0 spiro atoms. The van der Waals surface area contributed by atoms with E-state index in [0.29, 0.717) is 12.0 Å². The van der Waals surface area contributed by atoms with Crippen LogP contribution in [0, 0.1) is 11.8 Å². The molecule has 1 aliphatic carbocycles. The highest BCUT2D eigenvalue weighted by Crippen LogP contribution is 2.17. The number of nitrogens with one attached hydrogen (secondary N) is 1. The summed E-state index contributed by atoms with van der Waals surface area (Å²) >= 11 is 0. The summed E-state index contributed by atoms with van der Waals surface area (Å²) in [5.41, 5.74) is 1.35. The molecule has 0 aliphatic heterocycles. The molecule has 0 saturated carbocycles. The van der Waals surface area contributed by atoms with E-state index in [4.69, 9.17) is 5.11 Å². The second kappa shape index (κ2) is 6.92. The van der Waals surface area contributed by atoms with Crippen molar-refractivity contribution >= 4 is 0 Å². The van der Waals surface area contributed by atoms with Crippen LogP contribution < -0.4 is 5.32 Å². The molecular weight excluding hydrogens is 236 g/mol. The Labute approximate surface area is 116 Å². The van der Waals surface area contributed by atoms with Gasteiger partial charge in [-0.15, -0.1) is 0 Å². The lowest BCUT2D eigenvalue weighted by molar-refractivity contribution is 0.246. The van der Waals surface area contributed by atoms with Crippen LogP contribution in [0.2, 0.25) is 0 Å². The van der Waals surface area contributed by atoms with Crippen molar-refractivity contribution in [3.8, 4) is 0 Å². The zero-order valence-electron chi connectivity index (χ0n) is 12.0. The predicted octanol–water partition coefficient (Wildman–Crippen LogP) is 2.56. The fraction of sp³-hybridized carbons (Fsp3) is 0.625. The smallest absolute Gasteiger partial charge is 0.0494 e. The first kappa shape index (κ1) is 14.4. The van der Waals surface area contributed by atoms with Crippen LogP contribution in [0.25, 0.3) is 0 Å². The van der Waals surface area contributed by atoms with Crippen molar-refractivity contribution in [1.82, 2.24) is 9.88 Å². The average molecular weight is 262 g/mol. The van der Waals surface area contributed by atoms with E-state index in [1.807, 2.05) is 0 Å². The number of rotatable bonds is 7. The second-order valence-corrected chi connectivity index (χ2v) is 5.93. The van der Waals surface area contributed by atoms with Crippen LogP contribution in [0.1, 0.15) is 32.4 Å². The van der Waals surface area contributed by atoms with E-state index < -0.39 is 0 Å². The molecule has 2 atom stereocenters. The monoisotopic (exact) mass is 262 g/mol. The van der Waals surface area contributed by atoms with Gasteiger partial charge in [0.05, 0.1) is 0 Å². The number of aromatic nitrogens is 1. The Bertz CT molecular complexity index is 409. The van der Waals surface area contributed by atoms with Gasteiger partial charge in [-0.1, -0.05) is 26.0 Å². The minimum atomic E-state index is 0.263. The molecule has 2 N–H and O–H groups in total.